The number of hydrogen-bond donors (Lipinski definition) is 2. The number of nitrogens with one attached hydrogen (secondary N) is 2. The highest BCUT2D eigenvalue weighted by Gasteiger charge is 2.31. The summed E-state index contributed by atoms with van der Waals surface area (Å²) in [5, 5.41) is 5.09. The molecule has 0 unspecified atom stereocenters. The number of urea groups is 1. The number of halogens is 1. The van der Waals surface area contributed by atoms with E-state index in [0.29, 0.717) is 6.54 Å². The smallest absolute Gasteiger partial charge is 0.321 e. The Morgan fingerprint density at radius 2 is 1.82 bits per heavy atom. The highest BCUT2D eigenvalue weighted by atomic mass is 35.5. The number of benzene rings is 1. The number of imide groups is 1. The second-order valence-electron chi connectivity index (χ2n) is 6.68. The molecule has 0 saturated carbocycles. The van der Waals surface area contributed by atoms with Crippen LogP contribution < -0.4 is 10.6 Å². The van der Waals surface area contributed by atoms with Gasteiger partial charge in [0.2, 0.25) is 5.91 Å². The fourth-order valence-electron chi connectivity index (χ4n) is 3.39. The third kappa shape index (κ3) is 5.54. The zero-order valence-corrected chi connectivity index (χ0v) is 17.4. The standard InChI is InChI=1S/C20H25ClN4O2S/c1-2-22-20(27)23-19(26)18(15-6-4-3-5-7-15)25-12-10-24(11-13-25)14-16-8-9-17(21)28-16/h3-9,18H,2,10-14H2,1H3,(H2,22,23,26,27)/t18-/m0/s1. The fourth-order valence-corrected chi connectivity index (χ4v) is 4.52. The number of carbonyl (C=O) groups is 2. The van der Waals surface area contributed by atoms with Gasteiger partial charge in [0.15, 0.2) is 0 Å². The van der Waals surface area contributed by atoms with Gasteiger partial charge in [-0.1, -0.05) is 41.9 Å². The van der Waals surface area contributed by atoms with Crippen molar-refractivity contribution in [3.05, 3.63) is 57.2 Å². The summed E-state index contributed by atoms with van der Waals surface area (Å²) < 4.78 is 0.805. The van der Waals surface area contributed by atoms with E-state index in [2.05, 4.69) is 26.5 Å². The van der Waals surface area contributed by atoms with Gasteiger partial charge in [0.25, 0.3) is 0 Å². The monoisotopic (exact) mass is 420 g/mol. The van der Waals surface area contributed by atoms with E-state index < -0.39 is 12.1 Å². The van der Waals surface area contributed by atoms with Gasteiger partial charge in [-0.3, -0.25) is 19.9 Å². The van der Waals surface area contributed by atoms with Crippen LogP contribution in [0.25, 0.3) is 0 Å². The van der Waals surface area contributed by atoms with Gasteiger partial charge in [-0.15, -0.1) is 11.3 Å². The number of piperazine rings is 1. The van der Waals surface area contributed by atoms with E-state index >= 15 is 0 Å². The van der Waals surface area contributed by atoms with Crippen molar-refractivity contribution in [1.29, 1.82) is 0 Å². The van der Waals surface area contributed by atoms with Crippen molar-refractivity contribution in [3.8, 4) is 0 Å². The molecule has 1 aromatic carbocycles. The number of amides is 3. The summed E-state index contributed by atoms with van der Waals surface area (Å²) in [5.74, 6) is -0.296. The van der Waals surface area contributed by atoms with Crippen LogP contribution in [-0.4, -0.2) is 54.5 Å². The first-order valence-electron chi connectivity index (χ1n) is 9.41. The van der Waals surface area contributed by atoms with Crippen molar-refractivity contribution in [1.82, 2.24) is 20.4 Å². The number of carbonyl (C=O) groups excluding carboxylic acids is 2. The average molecular weight is 421 g/mol. The summed E-state index contributed by atoms with van der Waals surface area (Å²) in [5.41, 5.74) is 0.891. The van der Waals surface area contributed by atoms with Crippen LogP contribution in [0.3, 0.4) is 0 Å². The van der Waals surface area contributed by atoms with Crippen molar-refractivity contribution in [2.45, 2.75) is 19.5 Å². The molecule has 0 bridgehead atoms. The first-order valence-corrected chi connectivity index (χ1v) is 10.6. The number of nitrogens with zero attached hydrogens (tertiary/aromatic N) is 2. The van der Waals surface area contributed by atoms with Crippen molar-refractivity contribution >= 4 is 34.9 Å². The largest absolute Gasteiger partial charge is 0.338 e. The summed E-state index contributed by atoms with van der Waals surface area (Å²) in [6.45, 7) is 6.37. The molecule has 150 valence electrons. The number of hydrogen-bond acceptors (Lipinski definition) is 5. The molecule has 2 N–H and O–H groups in total. The van der Waals surface area contributed by atoms with Crippen LogP contribution in [0.2, 0.25) is 4.34 Å². The topological polar surface area (TPSA) is 64.7 Å². The molecule has 1 aliphatic heterocycles. The fraction of sp³-hybridized carbons (Fsp3) is 0.400. The van der Waals surface area contributed by atoms with Crippen LogP contribution in [0, 0.1) is 0 Å². The maximum Gasteiger partial charge on any atom is 0.321 e. The zero-order valence-electron chi connectivity index (χ0n) is 15.9. The maximum atomic E-state index is 12.9. The number of thiophene rings is 1. The summed E-state index contributed by atoms with van der Waals surface area (Å²) >= 11 is 7.63. The van der Waals surface area contributed by atoms with Crippen LogP contribution in [-0.2, 0) is 11.3 Å². The summed E-state index contributed by atoms with van der Waals surface area (Å²) in [7, 11) is 0. The first kappa shape index (κ1) is 20.8. The second kappa shape index (κ2) is 10.0. The van der Waals surface area contributed by atoms with Crippen molar-refractivity contribution in [2.75, 3.05) is 32.7 Å². The van der Waals surface area contributed by atoms with Gasteiger partial charge in [0, 0.05) is 44.1 Å². The summed E-state index contributed by atoms with van der Waals surface area (Å²) in [6, 6.07) is 12.7. The van der Waals surface area contributed by atoms with Crippen molar-refractivity contribution < 1.29 is 9.59 Å². The molecule has 1 atom stereocenters. The van der Waals surface area contributed by atoms with Crippen LogP contribution in [0.1, 0.15) is 23.4 Å². The lowest BCUT2D eigenvalue weighted by atomic mass is 10.0. The summed E-state index contributed by atoms with van der Waals surface area (Å²) in [4.78, 5) is 30.5. The van der Waals surface area contributed by atoms with Crippen molar-refractivity contribution in [3.63, 3.8) is 0 Å². The zero-order chi connectivity index (χ0) is 19.9. The molecule has 2 heterocycles. The van der Waals surface area contributed by atoms with Crippen LogP contribution in [0.4, 0.5) is 4.79 Å². The minimum absolute atomic E-state index is 0.296. The molecule has 1 aromatic heterocycles. The third-order valence-electron chi connectivity index (χ3n) is 4.72. The van der Waals surface area contributed by atoms with Crippen LogP contribution >= 0.6 is 22.9 Å². The van der Waals surface area contributed by atoms with Gasteiger partial charge in [-0.2, -0.15) is 0 Å². The Bertz CT molecular complexity index is 791. The Morgan fingerprint density at radius 3 is 2.43 bits per heavy atom. The Labute approximate surface area is 174 Å². The quantitative estimate of drug-likeness (QED) is 0.753. The van der Waals surface area contributed by atoms with E-state index in [0.717, 1.165) is 42.6 Å². The van der Waals surface area contributed by atoms with Gasteiger partial charge < -0.3 is 5.32 Å². The van der Waals surface area contributed by atoms with Gasteiger partial charge in [0.05, 0.1) is 4.34 Å². The Morgan fingerprint density at radius 1 is 1.11 bits per heavy atom. The molecule has 8 heteroatoms. The third-order valence-corrected chi connectivity index (χ3v) is 5.93. The molecule has 3 rings (SSSR count). The lowest BCUT2D eigenvalue weighted by Crippen LogP contribution is -2.52. The lowest BCUT2D eigenvalue weighted by Gasteiger charge is -2.38. The van der Waals surface area contributed by atoms with Crippen molar-refractivity contribution in [2.24, 2.45) is 0 Å². The van der Waals surface area contributed by atoms with Crippen LogP contribution in [0.15, 0.2) is 42.5 Å². The molecule has 1 fully saturated rings. The average Bonchev–Trinajstić information content (AvgIpc) is 3.09. The van der Waals surface area contributed by atoms with Gasteiger partial charge in [-0.25, -0.2) is 4.79 Å². The molecular weight excluding hydrogens is 396 g/mol. The molecule has 28 heavy (non-hydrogen) atoms. The van der Waals surface area contributed by atoms with Gasteiger partial charge >= 0.3 is 6.03 Å². The van der Waals surface area contributed by atoms with Gasteiger partial charge in [-0.05, 0) is 24.6 Å². The Kier molecular flexibility index (Phi) is 7.44. The molecule has 0 spiro atoms. The van der Waals surface area contributed by atoms with E-state index in [1.807, 2.05) is 43.3 Å². The Hall–Kier alpha value is -1.93. The normalized spacial score (nSPS) is 16.5. The Balaban J connectivity index is 1.66. The highest BCUT2D eigenvalue weighted by molar-refractivity contribution is 7.16. The summed E-state index contributed by atoms with van der Waals surface area (Å²) in [6.07, 6.45) is 0. The molecule has 0 aliphatic carbocycles. The van der Waals surface area contributed by atoms with E-state index in [9.17, 15) is 9.59 Å². The van der Waals surface area contributed by atoms with Gasteiger partial charge in [0.1, 0.15) is 6.04 Å². The molecular formula is C20H25ClN4O2S. The SMILES string of the molecule is CCNC(=O)NC(=O)[C@H](c1ccccc1)N1CCN(Cc2ccc(Cl)s2)CC1. The molecule has 3 amide bonds. The van der Waals surface area contributed by atoms with E-state index in [1.165, 1.54) is 4.88 Å². The lowest BCUT2D eigenvalue weighted by molar-refractivity contribution is -0.126. The number of rotatable bonds is 6. The highest BCUT2D eigenvalue weighted by Crippen LogP contribution is 2.25. The first-order chi connectivity index (χ1) is 13.6. The molecule has 0 radical (unpaired) electrons. The molecule has 1 saturated heterocycles. The van der Waals surface area contributed by atoms with Crippen LogP contribution in [0.5, 0.6) is 0 Å². The van der Waals surface area contributed by atoms with E-state index in [-0.39, 0.29) is 5.91 Å². The van der Waals surface area contributed by atoms with E-state index in [4.69, 9.17) is 11.6 Å². The predicted octanol–water partition coefficient (Wildman–Crippen LogP) is 3.11. The predicted molar refractivity (Wildman–Crippen MR) is 113 cm³/mol. The minimum Gasteiger partial charge on any atom is -0.338 e. The maximum absolute atomic E-state index is 12.9. The molecule has 6 nitrogen and oxygen atoms in total. The molecule has 1 aliphatic rings. The molecule has 2 aromatic rings. The minimum atomic E-state index is -0.484. The van der Waals surface area contributed by atoms with E-state index in [1.54, 1.807) is 11.3 Å². The second-order valence-corrected chi connectivity index (χ2v) is 8.48.